The van der Waals surface area contributed by atoms with Crippen molar-refractivity contribution in [2.75, 3.05) is 11.5 Å². The van der Waals surface area contributed by atoms with E-state index in [0.29, 0.717) is 5.92 Å². The van der Waals surface area contributed by atoms with Crippen LogP contribution in [-0.2, 0) is 4.79 Å². The van der Waals surface area contributed by atoms with Crippen LogP contribution in [-0.4, -0.2) is 22.6 Å². The van der Waals surface area contributed by atoms with Crippen molar-refractivity contribution < 1.29 is 9.90 Å². The lowest BCUT2D eigenvalue weighted by molar-refractivity contribution is -0.143. The van der Waals surface area contributed by atoms with Gasteiger partial charge in [0.25, 0.3) is 0 Å². The average molecular weight is 186 g/mol. The Balaban J connectivity index is 1.98. The number of carboxylic acids is 1. The van der Waals surface area contributed by atoms with Crippen LogP contribution in [0.5, 0.6) is 0 Å². The van der Waals surface area contributed by atoms with Crippen LogP contribution in [0.4, 0.5) is 0 Å². The first-order chi connectivity index (χ1) is 5.79. The molecule has 0 aromatic carbocycles. The van der Waals surface area contributed by atoms with Crippen molar-refractivity contribution in [3.05, 3.63) is 0 Å². The minimum atomic E-state index is -0.572. The van der Waals surface area contributed by atoms with Gasteiger partial charge >= 0.3 is 5.97 Å². The van der Waals surface area contributed by atoms with Gasteiger partial charge in [0.15, 0.2) is 0 Å². The van der Waals surface area contributed by atoms with E-state index in [9.17, 15) is 4.79 Å². The lowest BCUT2D eigenvalue weighted by atomic mass is 9.72. The molecule has 0 aromatic rings. The predicted octanol–water partition coefficient (Wildman–Crippen LogP) is 1.85. The second-order valence-electron chi connectivity index (χ2n) is 3.84. The Morgan fingerprint density at radius 1 is 1.33 bits per heavy atom. The molecule has 1 saturated carbocycles. The van der Waals surface area contributed by atoms with Crippen LogP contribution in [0.1, 0.15) is 19.3 Å². The molecule has 12 heavy (non-hydrogen) atoms. The summed E-state index contributed by atoms with van der Waals surface area (Å²) in [5.41, 5.74) is 0. The summed E-state index contributed by atoms with van der Waals surface area (Å²) in [6.07, 6.45) is 3.86. The van der Waals surface area contributed by atoms with Crippen LogP contribution in [0.3, 0.4) is 0 Å². The highest BCUT2D eigenvalue weighted by molar-refractivity contribution is 7.99. The van der Waals surface area contributed by atoms with Crippen LogP contribution >= 0.6 is 11.8 Å². The predicted molar refractivity (Wildman–Crippen MR) is 49.3 cm³/mol. The Morgan fingerprint density at radius 2 is 2.08 bits per heavy atom. The third kappa shape index (κ3) is 1.35. The van der Waals surface area contributed by atoms with E-state index in [1.54, 1.807) is 0 Å². The molecule has 2 atom stereocenters. The summed E-state index contributed by atoms with van der Waals surface area (Å²) in [6, 6.07) is 0. The van der Waals surface area contributed by atoms with Gasteiger partial charge in [0.2, 0.25) is 0 Å². The second kappa shape index (κ2) is 3.29. The van der Waals surface area contributed by atoms with Crippen molar-refractivity contribution in [1.82, 2.24) is 0 Å². The molecule has 0 spiro atoms. The zero-order chi connectivity index (χ0) is 8.55. The lowest BCUT2D eigenvalue weighted by Gasteiger charge is -2.33. The van der Waals surface area contributed by atoms with Gasteiger partial charge in [-0.05, 0) is 17.6 Å². The molecule has 1 aliphatic carbocycles. The molecule has 1 heterocycles. The topological polar surface area (TPSA) is 37.3 Å². The minimum absolute atomic E-state index is 0.0414. The van der Waals surface area contributed by atoms with Crippen molar-refractivity contribution in [2.45, 2.75) is 19.3 Å². The molecule has 3 heteroatoms. The van der Waals surface area contributed by atoms with E-state index in [2.05, 4.69) is 0 Å². The zero-order valence-corrected chi connectivity index (χ0v) is 7.85. The Morgan fingerprint density at radius 3 is 2.58 bits per heavy atom. The molecule has 1 saturated heterocycles. The van der Waals surface area contributed by atoms with Crippen LogP contribution in [0.15, 0.2) is 0 Å². The molecule has 1 N–H and O–H groups in total. The smallest absolute Gasteiger partial charge is 0.307 e. The van der Waals surface area contributed by atoms with Crippen LogP contribution in [0.2, 0.25) is 0 Å². The normalized spacial score (nSPS) is 36.3. The first-order valence-electron chi connectivity index (χ1n) is 4.59. The number of hydrogen-bond donors (Lipinski definition) is 1. The highest BCUT2D eigenvalue weighted by Gasteiger charge is 2.40. The maximum atomic E-state index is 10.8. The van der Waals surface area contributed by atoms with Crippen molar-refractivity contribution in [3.63, 3.8) is 0 Å². The summed E-state index contributed by atoms with van der Waals surface area (Å²) in [5, 5.41) is 8.94. The van der Waals surface area contributed by atoms with Gasteiger partial charge < -0.3 is 5.11 Å². The van der Waals surface area contributed by atoms with Crippen molar-refractivity contribution in [1.29, 1.82) is 0 Å². The van der Waals surface area contributed by atoms with Crippen LogP contribution in [0, 0.1) is 17.8 Å². The van der Waals surface area contributed by atoms with Crippen molar-refractivity contribution in [2.24, 2.45) is 17.8 Å². The van der Waals surface area contributed by atoms with E-state index < -0.39 is 5.97 Å². The zero-order valence-electron chi connectivity index (χ0n) is 7.03. The SMILES string of the molecule is O=C(O)C1CSCC1C1CCC1. The van der Waals surface area contributed by atoms with Gasteiger partial charge in [-0.2, -0.15) is 11.8 Å². The highest BCUT2D eigenvalue weighted by atomic mass is 32.2. The fraction of sp³-hybridized carbons (Fsp3) is 0.889. The Labute approximate surface area is 76.7 Å². The third-order valence-corrected chi connectivity index (χ3v) is 4.41. The lowest BCUT2D eigenvalue weighted by Crippen LogP contribution is -2.31. The molecule has 1 aliphatic heterocycles. The molecule has 0 radical (unpaired) electrons. The molecule has 0 amide bonds. The monoisotopic (exact) mass is 186 g/mol. The summed E-state index contributed by atoms with van der Waals surface area (Å²) >= 11 is 1.82. The maximum absolute atomic E-state index is 10.8. The van der Waals surface area contributed by atoms with Crippen LogP contribution < -0.4 is 0 Å². The highest BCUT2D eigenvalue weighted by Crippen LogP contribution is 2.43. The summed E-state index contributed by atoms with van der Waals surface area (Å²) in [6.45, 7) is 0. The number of aliphatic carboxylic acids is 1. The first-order valence-corrected chi connectivity index (χ1v) is 5.75. The second-order valence-corrected chi connectivity index (χ2v) is 4.91. The fourth-order valence-corrected chi connectivity index (χ4v) is 3.71. The number of hydrogen-bond acceptors (Lipinski definition) is 2. The van der Waals surface area contributed by atoms with E-state index in [0.717, 1.165) is 17.4 Å². The summed E-state index contributed by atoms with van der Waals surface area (Å²) in [4.78, 5) is 10.8. The van der Waals surface area contributed by atoms with Gasteiger partial charge in [-0.1, -0.05) is 19.3 Å². The van der Waals surface area contributed by atoms with Crippen molar-refractivity contribution >= 4 is 17.7 Å². The summed E-state index contributed by atoms with van der Waals surface area (Å²) < 4.78 is 0. The summed E-state index contributed by atoms with van der Waals surface area (Å²) in [5.74, 6) is 2.54. The maximum Gasteiger partial charge on any atom is 0.307 e. The molecule has 0 bridgehead atoms. The van der Waals surface area contributed by atoms with Gasteiger partial charge in [0.1, 0.15) is 0 Å². The molecule has 2 nitrogen and oxygen atoms in total. The summed E-state index contributed by atoms with van der Waals surface area (Å²) in [7, 11) is 0. The third-order valence-electron chi connectivity index (χ3n) is 3.20. The number of carboxylic acid groups (broad SMARTS) is 1. The molecule has 2 aliphatic rings. The first kappa shape index (κ1) is 8.42. The average Bonchev–Trinajstić information content (AvgIpc) is 2.31. The number of carbonyl (C=O) groups is 1. The molecule has 68 valence electrons. The van der Waals surface area contributed by atoms with Gasteiger partial charge in [-0.15, -0.1) is 0 Å². The van der Waals surface area contributed by atoms with Gasteiger partial charge in [0.05, 0.1) is 5.92 Å². The Hall–Kier alpha value is -0.180. The largest absolute Gasteiger partial charge is 0.481 e. The molecular weight excluding hydrogens is 172 g/mol. The van der Waals surface area contributed by atoms with E-state index in [1.165, 1.54) is 19.3 Å². The molecular formula is C9H14O2S. The molecule has 2 fully saturated rings. The van der Waals surface area contributed by atoms with E-state index >= 15 is 0 Å². The number of rotatable bonds is 2. The van der Waals surface area contributed by atoms with E-state index in [4.69, 9.17) is 5.11 Å². The van der Waals surface area contributed by atoms with E-state index in [-0.39, 0.29) is 5.92 Å². The Kier molecular flexibility index (Phi) is 2.31. The number of thioether (sulfide) groups is 1. The molecule has 2 rings (SSSR count). The van der Waals surface area contributed by atoms with Gasteiger partial charge in [0, 0.05) is 5.75 Å². The quantitative estimate of drug-likeness (QED) is 0.715. The van der Waals surface area contributed by atoms with Crippen LogP contribution in [0.25, 0.3) is 0 Å². The fourth-order valence-electron chi connectivity index (χ4n) is 2.16. The van der Waals surface area contributed by atoms with Gasteiger partial charge in [-0.3, -0.25) is 4.79 Å². The standard InChI is InChI=1S/C9H14O2S/c10-9(11)8-5-12-4-7(8)6-2-1-3-6/h6-8H,1-5H2,(H,10,11). The molecule has 2 unspecified atom stereocenters. The minimum Gasteiger partial charge on any atom is -0.481 e. The Bertz CT molecular complexity index is 189. The van der Waals surface area contributed by atoms with Crippen molar-refractivity contribution in [3.8, 4) is 0 Å². The molecule has 0 aromatic heterocycles. The van der Waals surface area contributed by atoms with Gasteiger partial charge in [-0.25, -0.2) is 0 Å². The van der Waals surface area contributed by atoms with E-state index in [1.807, 2.05) is 11.8 Å².